The molecular weight excluding hydrogens is 299 g/mol. The van der Waals surface area contributed by atoms with Gasteiger partial charge in [-0.3, -0.25) is 0 Å². The van der Waals surface area contributed by atoms with Gasteiger partial charge < -0.3 is 4.74 Å². The van der Waals surface area contributed by atoms with Gasteiger partial charge in [0.1, 0.15) is 0 Å². The molecule has 17 heavy (non-hydrogen) atoms. The molecule has 1 fully saturated rings. The number of hydrogen-bond donors (Lipinski definition) is 0. The van der Waals surface area contributed by atoms with E-state index in [-0.39, 0.29) is 6.23 Å². The third kappa shape index (κ3) is 2.14. The van der Waals surface area contributed by atoms with Gasteiger partial charge in [-0.2, -0.15) is 5.10 Å². The van der Waals surface area contributed by atoms with Crippen molar-refractivity contribution in [3.05, 3.63) is 22.7 Å². The number of ether oxygens (including phenoxy) is 1. The van der Waals surface area contributed by atoms with Crippen LogP contribution in [0.15, 0.2) is 22.7 Å². The van der Waals surface area contributed by atoms with E-state index in [1.807, 2.05) is 10.7 Å². The van der Waals surface area contributed by atoms with Gasteiger partial charge in [0.2, 0.25) is 0 Å². The Morgan fingerprint density at radius 3 is 3.06 bits per heavy atom. The maximum absolute atomic E-state index is 5.80. The highest BCUT2D eigenvalue weighted by molar-refractivity contribution is 9.10. The Kier molecular flexibility index (Phi) is 3.20. The highest BCUT2D eigenvalue weighted by Gasteiger charge is 2.19. The number of fused-ring (bicyclic) bond motifs is 1. The summed E-state index contributed by atoms with van der Waals surface area (Å²) in [7, 11) is 2.70. The molecule has 0 N–H and O–H groups in total. The number of benzene rings is 1. The van der Waals surface area contributed by atoms with Gasteiger partial charge in [0.25, 0.3) is 0 Å². The lowest BCUT2D eigenvalue weighted by molar-refractivity contribution is -0.0364. The standard InChI is InChI=1S/C12H14BrN2OP/c13-8-4-5-10-9(7-8)12(17)14-15(10)11-3-1-2-6-16-11/h4-5,7,11H,1-3,6,17H2. The first-order valence-electron chi connectivity index (χ1n) is 5.80. The van der Waals surface area contributed by atoms with E-state index in [0.29, 0.717) is 0 Å². The second-order valence-electron chi connectivity index (χ2n) is 4.31. The molecule has 0 radical (unpaired) electrons. The fourth-order valence-electron chi connectivity index (χ4n) is 2.27. The Labute approximate surface area is 111 Å². The molecule has 0 bridgehead atoms. The average Bonchev–Trinajstić information content (AvgIpc) is 2.68. The quantitative estimate of drug-likeness (QED) is 0.757. The molecule has 2 aromatic rings. The number of hydrogen-bond acceptors (Lipinski definition) is 2. The summed E-state index contributed by atoms with van der Waals surface area (Å²) in [6, 6.07) is 6.25. The van der Waals surface area contributed by atoms with Crippen LogP contribution >= 0.6 is 25.2 Å². The van der Waals surface area contributed by atoms with Crippen molar-refractivity contribution in [2.75, 3.05) is 6.61 Å². The molecule has 2 heterocycles. The smallest absolute Gasteiger partial charge is 0.150 e. The minimum absolute atomic E-state index is 0.0988. The lowest BCUT2D eigenvalue weighted by Crippen LogP contribution is -2.19. The predicted molar refractivity (Wildman–Crippen MR) is 75.6 cm³/mol. The van der Waals surface area contributed by atoms with Gasteiger partial charge in [-0.25, -0.2) is 4.68 Å². The van der Waals surface area contributed by atoms with Gasteiger partial charge >= 0.3 is 0 Å². The second-order valence-corrected chi connectivity index (χ2v) is 5.78. The first kappa shape index (κ1) is 11.6. The van der Waals surface area contributed by atoms with Crippen molar-refractivity contribution in [1.82, 2.24) is 9.78 Å². The SMILES string of the molecule is Pc1nn(C2CCCCO2)c2ccc(Br)cc12. The molecule has 1 aliphatic rings. The van der Waals surface area contributed by atoms with E-state index in [9.17, 15) is 0 Å². The Bertz CT molecular complexity index is 549. The van der Waals surface area contributed by atoms with Crippen LogP contribution < -0.4 is 5.44 Å². The monoisotopic (exact) mass is 312 g/mol. The van der Waals surface area contributed by atoms with Crippen LogP contribution in [0.25, 0.3) is 10.9 Å². The van der Waals surface area contributed by atoms with Gasteiger partial charge in [-0.1, -0.05) is 25.2 Å². The van der Waals surface area contributed by atoms with Gasteiger partial charge in [0.15, 0.2) is 6.23 Å². The van der Waals surface area contributed by atoms with E-state index in [4.69, 9.17) is 4.74 Å². The molecule has 90 valence electrons. The van der Waals surface area contributed by atoms with E-state index in [1.54, 1.807) is 0 Å². The van der Waals surface area contributed by atoms with E-state index < -0.39 is 0 Å². The molecule has 1 aromatic carbocycles. The van der Waals surface area contributed by atoms with Gasteiger partial charge in [0, 0.05) is 16.5 Å². The van der Waals surface area contributed by atoms with Gasteiger partial charge in [-0.05, 0) is 37.5 Å². The van der Waals surface area contributed by atoms with E-state index in [0.717, 1.165) is 34.9 Å². The molecule has 5 heteroatoms. The zero-order valence-corrected chi connectivity index (χ0v) is 12.1. The van der Waals surface area contributed by atoms with Crippen molar-refractivity contribution in [2.45, 2.75) is 25.5 Å². The Hall–Kier alpha value is -0.440. The first-order chi connectivity index (χ1) is 8.25. The molecule has 2 unspecified atom stereocenters. The zero-order valence-electron chi connectivity index (χ0n) is 9.40. The van der Waals surface area contributed by atoms with E-state index in [2.05, 4.69) is 42.4 Å². The lowest BCUT2D eigenvalue weighted by atomic mass is 10.2. The predicted octanol–water partition coefficient (Wildman–Crippen LogP) is 3.00. The van der Waals surface area contributed by atoms with Crippen LogP contribution in [0, 0.1) is 0 Å². The van der Waals surface area contributed by atoms with Crippen molar-refractivity contribution in [3.63, 3.8) is 0 Å². The molecule has 1 aromatic heterocycles. The van der Waals surface area contributed by atoms with Crippen molar-refractivity contribution >= 4 is 41.5 Å². The minimum Gasteiger partial charge on any atom is -0.356 e. The molecule has 0 spiro atoms. The van der Waals surface area contributed by atoms with Gasteiger partial charge in [-0.15, -0.1) is 0 Å². The van der Waals surface area contributed by atoms with Crippen LogP contribution in [-0.2, 0) is 4.74 Å². The number of rotatable bonds is 1. The van der Waals surface area contributed by atoms with Crippen molar-refractivity contribution < 1.29 is 4.74 Å². The molecule has 1 aliphatic heterocycles. The maximum Gasteiger partial charge on any atom is 0.150 e. The highest BCUT2D eigenvalue weighted by Crippen LogP contribution is 2.27. The lowest BCUT2D eigenvalue weighted by Gasteiger charge is -2.23. The molecule has 0 amide bonds. The van der Waals surface area contributed by atoms with Gasteiger partial charge in [0.05, 0.1) is 11.0 Å². The fraction of sp³-hybridized carbons (Fsp3) is 0.417. The Morgan fingerprint density at radius 2 is 2.29 bits per heavy atom. The van der Waals surface area contributed by atoms with E-state index >= 15 is 0 Å². The normalized spacial score (nSPS) is 20.9. The van der Waals surface area contributed by atoms with Crippen LogP contribution in [0.3, 0.4) is 0 Å². The topological polar surface area (TPSA) is 27.1 Å². The Balaban J connectivity index is 2.10. The molecule has 1 saturated heterocycles. The molecule has 2 atom stereocenters. The molecule has 0 aliphatic carbocycles. The molecule has 0 saturated carbocycles. The second kappa shape index (κ2) is 4.68. The summed E-state index contributed by atoms with van der Waals surface area (Å²) in [5, 5.41) is 5.75. The summed E-state index contributed by atoms with van der Waals surface area (Å²) in [6.45, 7) is 0.842. The summed E-state index contributed by atoms with van der Waals surface area (Å²) >= 11 is 3.49. The first-order valence-corrected chi connectivity index (χ1v) is 7.17. The molecule has 3 rings (SSSR count). The number of aromatic nitrogens is 2. The summed E-state index contributed by atoms with van der Waals surface area (Å²) in [5.41, 5.74) is 2.13. The van der Waals surface area contributed by atoms with Crippen LogP contribution in [0.1, 0.15) is 25.5 Å². The van der Waals surface area contributed by atoms with E-state index in [1.165, 1.54) is 11.8 Å². The third-order valence-corrected chi connectivity index (χ3v) is 4.05. The summed E-state index contributed by atoms with van der Waals surface area (Å²) in [6.07, 6.45) is 3.53. The van der Waals surface area contributed by atoms with Crippen LogP contribution in [0.2, 0.25) is 0 Å². The summed E-state index contributed by atoms with van der Waals surface area (Å²) in [4.78, 5) is 0. The zero-order chi connectivity index (χ0) is 11.8. The summed E-state index contributed by atoms with van der Waals surface area (Å²) in [5.74, 6) is 0. The maximum atomic E-state index is 5.80. The van der Waals surface area contributed by atoms with Crippen molar-refractivity contribution in [2.24, 2.45) is 0 Å². The Morgan fingerprint density at radius 1 is 1.41 bits per heavy atom. The van der Waals surface area contributed by atoms with Crippen LogP contribution in [-0.4, -0.2) is 16.4 Å². The van der Waals surface area contributed by atoms with Crippen LogP contribution in [0.5, 0.6) is 0 Å². The average molecular weight is 313 g/mol. The number of nitrogens with zero attached hydrogens (tertiary/aromatic N) is 2. The molecular formula is C12H14BrN2OP. The molecule has 3 nitrogen and oxygen atoms in total. The highest BCUT2D eigenvalue weighted by atomic mass is 79.9. The van der Waals surface area contributed by atoms with Crippen LogP contribution in [0.4, 0.5) is 0 Å². The number of halogens is 1. The minimum atomic E-state index is 0.0988. The fourth-order valence-corrected chi connectivity index (χ4v) is 2.99. The third-order valence-electron chi connectivity index (χ3n) is 3.13. The van der Waals surface area contributed by atoms with Crippen molar-refractivity contribution in [1.29, 1.82) is 0 Å². The summed E-state index contributed by atoms with van der Waals surface area (Å²) < 4.78 is 8.89. The van der Waals surface area contributed by atoms with Crippen molar-refractivity contribution in [3.8, 4) is 0 Å². The largest absolute Gasteiger partial charge is 0.356 e.